The fourth-order valence-corrected chi connectivity index (χ4v) is 4.06. The van der Waals surface area contributed by atoms with Crippen molar-refractivity contribution in [3.63, 3.8) is 0 Å². The first-order valence-electron chi connectivity index (χ1n) is 8.42. The minimum atomic E-state index is 0.508. The highest BCUT2D eigenvalue weighted by molar-refractivity contribution is 4.87. The van der Waals surface area contributed by atoms with Crippen LogP contribution in [-0.4, -0.2) is 49.1 Å². The summed E-state index contributed by atoms with van der Waals surface area (Å²) >= 11 is 0. The highest BCUT2D eigenvalue weighted by atomic mass is 15.2. The van der Waals surface area contributed by atoms with E-state index in [9.17, 15) is 0 Å². The van der Waals surface area contributed by atoms with Gasteiger partial charge in [-0.15, -0.1) is 0 Å². The van der Waals surface area contributed by atoms with Crippen molar-refractivity contribution in [2.24, 2.45) is 17.3 Å². The fraction of sp³-hybridized carbons (Fsp3) is 1.00. The summed E-state index contributed by atoms with van der Waals surface area (Å²) in [6.07, 6.45) is 5.66. The molecular weight excluding hydrogens is 232 g/mol. The van der Waals surface area contributed by atoms with E-state index in [4.69, 9.17) is 0 Å². The minimum Gasteiger partial charge on any atom is -0.303 e. The summed E-state index contributed by atoms with van der Waals surface area (Å²) in [4.78, 5) is 5.37. The highest BCUT2D eigenvalue weighted by Gasteiger charge is 2.34. The first kappa shape index (κ1) is 15.3. The van der Waals surface area contributed by atoms with Crippen LogP contribution in [0.4, 0.5) is 0 Å². The molecule has 0 amide bonds. The Morgan fingerprint density at radius 1 is 0.947 bits per heavy atom. The molecule has 0 radical (unpaired) electrons. The van der Waals surface area contributed by atoms with Crippen LogP contribution in [0.15, 0.2) is 0 Å². The molecule has 2 nitrogen and oxygen atoms in total. The third-order valence-corrected chi connectivity index (χ3v) is 5.15. The van der Waals surface area contributed by atoms with Gasteiger partial charge in [0.15, 0.2) is 0 Å². The third-order valence-electron chi connectivity index (χ3n) is 5.15. The second kappa shape index (κ2) is 6.58. The van der Waals surface area contributed by atoms with Crippen molar-refractivity contribution in [2.75, 3.05) is 39.3 Å². The van der Waals surface area contributed by atoms with E-state index in [1.54, 1.807) is 0 Å². The molecule has 2 heterocycles. The van der Waals surface area contributed by atoms with E-state index < -0.39 is 0 Å². The summed E-state index contributed by atoms with van der Waals surface area (Å²) in [5.41, 5.74) is 0.508. The van der Waals surface area contributed by atoms with Gasteiger partial charge in [-0.1, -0.05) is 27.7 Å². The van der Waals surface area contributed by atoms with Gasteiger partial charge in [0.05, 0.1) is 0 Å². The number of hydrogen-bond donors (Lipinski definition) is 0. The zero-order chi connectivity index (χ0) is 13.9. The van der Waals surface area contributed by atoms with Gasteiger partial charge in [-0.2, -0.15) is 0 Å². The maximum Gasteiger partial charge on any atom is 0.00353 e. The lowest BCUT2D eigenvalue weighted by molar-refractivity contribution is 0.0676. The van der Waals surface area contributed by atoms with Crippen LogP contribution in [0.3, 0.4) is 0 Å². The Bertz CT molecular complexity index is 258. The van der Waals surface area contributed by atoms with Crippen molar-refractivity contribution in [3.05, 3.63) is 0 Å². The van der Waals surface area contributed by atoms with Gasteiger partial charge in [0.25, 0.3) is 0 Å². The second-order valence-corrected chi connectivity index (χ2v) is 7.94. The number of rotatable bonds is 5. The largest absolute Gasteiger partial charge is 0.303 e. The minimum absolute atomic E-state index is 0.508. The van der Waals surface area contributed by atoms with Crippen LogP contribution in [0.5, 0.6) is 0 Å². The molecule has 0 atom stereocenters. The SMILES string of the molecule is CC(C)CN1CCC(C(C)(C)CN2CCCC2)CC1. The molecule has 112 valence electrons. The first-order valence-corrected chi connectivity index (χ1v) is 8.42. The summed E-state index contributed by atoms with van der Waals surface area (Å²) < 4.78 is 0. The van der Waals surface area contributed by atoms with Crippen LogP contribution >= 0.6 is 0 Å². The van der Waals surface area contributed by atoms with Crippen molar-refractivity contribution < 1.29 is 0 Å². The van der Waals surface area contributed by atoms with Gasteiger partial charge in [0.1, 0.15) is 0 Å². The highest BCUT2D eigenvalue weighted by Crippen LogP contribution is 2.36. The zero-order valence-electron chi connectivity index (χ0n) is 13.6. The van der Waals surface area contributed by atoms with Crippen LogP contribution in [0.25, 0.3) is 0 Å². The van der Waals surface area contributed by atoms with E-state index in [-0.39, 0.29) is 0 Å². The zero-order valence-corrected chi connectivity index (χ0v) is 13.6. The number of likely N-dealkylation sites (tertiary alicyclic amines) is 2. The van der Waals surface area contributed by atoms with Gasteiger partial charge in [-0.25, -0.2) is 0 Å². The Balaban J connectivity index is 1.78. The molecule has 0 bridgehead atoms. The molecule has 0 aromatic heterocycles. The third kappa shape index (κ3) is 4.46. The second-order valence-electron chi connectivity index (χ2n) is 7.94. The maximum absolute atomic E-state index is 2.69. The van der Waals surface area contributed by atoms with E-state index in [2.05, 4.69) is 37.5 Å². The molecular formula is C17H34N2. The molecule has 2 aliphatic heterocycles. The summed E-state index contributed by atoms with van der Waals surface area (Å²) in [5.74, 6) is 1.74. The maximum atomic E-state index is 2.69. The van der Waals surface area contributed by atoms with Gasteiger partial charge >= 0.3 is 0 Å². The summed E-state index contributed by atoms with van der Waals surface area (Å²) in [6.45, 7) is 17.6. The lowest BCUT2D eigenvalue weighted by atomic mass is 9.73. The van der Waals surface area contributed by atoms with Crippen LogP contribution in [0.2, 0.25) is 0 Å². The fourth-order valence-electron chi connectivity index (χ4n) is 4.06. The Kier molecular flexibility index (Phi) is 5.30. The van der Waals surface area contributed by atoms with E-state index in [1.165, 1.54) is 65.0 Å². The van der Waals surface area contributed by atoms with Crippen LogP contribution in [-0.2, 0) is 0 Å². The molecule has 2 aliphatic rings. The number of piperidine rings is 1. The standard InChI is InChI=1S/C17H34N2/c1-15(2)13-18-11-7-16(8-12-18)17(3,4)14-19-9-5-6-10-19/h15-16H,5-14H2,1-4H3. The normalized spacial score (nSPS) is 24.5. The molecule has 0 saturated carbocycles. The van der Waals surface area contributed by atoms with Crippen molar-refractivity contribution in [1.29, 1.82) is 0 Å². The smallest absolute Gasteiger partial charge is 0.00353 e. The molecule has 0 aliphatic carbocycles. The van der Waals surface area contributed by atoms with E-state index >= 15 is 0 Å². The quantitative estimate of drug-likeness (QED) is 0.752. The van der Waals surface area contributed by atoms with Gasteiger partial charge in [0, 0.05) is 13.1 Å². The Morgan fingerprint density at radius 3 is 2.05 bits per heavy atom. The molecule has 0 N–H and O–H groups in total. The van der Waals surface area contributed by atoms with Crippen LogP contribution in [0.1, 0.15) is 53.4 Å². The first-order chi connectivity index (χ1) is 8.97. The molecule has 2 fully saturated rings. The monoisotopic (exact) mass is 266 g/mol. The molecule has 0 aromatic rings. The topological polar surface area (TPSA) is 6.48 Å². The average molecular weight is 266 g/mol. The molecule has 0 aromatic carbocycles. The van der Waals surface area contributed by atoms with Crippen molar-refractivity contribution >= 4 is 0 Å². The molecule has 0 unspecified atom stereocenters. The Morgan fingerprint density at radius 2 is 1.53 bits per heavy atom. The van der Waals surface area contributed by atoms with Crippen molar-refractivity contribution in [3.8, 4) is 0 Å². The van der Waals surface area contributed by atoms with Crippen molar-refractivity contribution in [2.45, 2.75) is 53.4 Å². The lowest BCUT2D eigenvalue weighted by Gasteiger charge is -2.42. The summed E-state index contributed by atoms with van der Waals surface area (Å²) in [7, 11) is 0. The molecule has 2 rings (SSSR count). The van der Waals surface area contributed by atoms with E-state index in [1.807, 2.05) is 0 Å². The van der Waals surface area contributed by atoms with Gasteiger partial charge < -0.3 is 9.80 Å². The van der Waals surface area contributed by atoms with E-state index in [0.29, 0.717) is 5.41 Å². The Hall–Kier alpha value is -0.0800. The van der Waals surface area contributed by atoms with Crippen LogP contribution < -0.4 is 0 Å². The van der Waals surface area contributed by atoms with Gasteiger partial charge in [-0.05, 0) is 69.1 Å². The average Bonchev–Trinajstić information content (AvgIpc) is 2.81. The molecule has 2 heteroatoms. The molecule has 2 saturated heterocycles. The predicted molar refractivity (Wildman–Crippen MR) is 83.5 cm³/mol. The van der Waals surface area contributed by atoms with Crippen molar-refractivity contribution in [1.82, 2.24) is 9.80 Å². The van der Waals surface area contributed by atoms with E-state index in [0.717, 1.165) is 11.8 Å². The number of nitrogens with zero attached hydrogens (tertiary/aromatic N) is 2. The molecule has 19 heavy (non-hydrogen) atoms. The predicted octanol–water partition coefficient (Wildman–Crippen LogP) is 3.48. The number of hydrogen-bond acceptors (Lipinski definition) is 2. The van der Waals surface area contributed by atoms with Gasteiger partial charge in [0.2, 0.25) is 0 Å². The van der Waals surface area contributed by atoms with Gasteiger partial charge in [-0.3, -0.25) is 0 Å². The Labute approximate surface area is 120 Å². The lowest BCUT2D eigenvalue weighted by Crippen LogP contribution is -2.44. The summed E-state index contributed by atoms with van der Waals surface area (Å²) in [6, 6.07) is 0. The molecule has 0 spiro atoms. The summed E-state index contributed by atoms with van der Waals surface area (Å²) in [5, 5.41) is 0. The van der Waals surface area contributed by atoms with Crippen LogP contribution in [0, 0.1) is 17.3 Å².